The summed E-state index contributed by atoms with van der Waals surface area (Å²) in [7, 11) is 0. The molecule has 0 bridgehead atoms. The van der Waals surface area contributed by atoms with Gasteiger partial charge in [0.1, 0.15) is 5.75 Å². The SMILES string of the molecule is CCOc1ccc(Br)c(C2Nc3ccccc3-c3nnc(SCC)nc3O2)c1. The fourth-order valence-electron chi connectivity index (χ4n) is 2.96. The predicted octanol–water partition coefficient (Wildman–Crippen LogP) is 5.31. The molecule has 144 valence electrons. The summed E-state index contributed by atoms with van der Waals surface area (Å²) in [6.45, 7) is 4.61. The second-order valence-electron chi connectivity index (χ2n) is 5.99. The lowest BCUT2D eigenvalue weighted by Gasteiger charge is -2.21. The van der Waals surface area contributed by atoms with Crippen molar-refractivity contribution in [1.29, 1.82) is 0 Å². The average Bonchev–Trinajstić information content (AvgIpc) is 2.86. The molecule has 0 aliphatic carbocycles. The number of aromatic nitrogens is 3. The predicted molar refractivity (Wildman–Crippen MR) is 114 cm³/mol. The number of para-hydroxylation sites is 1. The quantitative estimate of drug-likeness (QED) is 0.519. The van der Waals surface area contributed by atoms with Crippen LogP contribution in [0, 0.1) is 0 Å². The van der Waals surface area contributed by atoms with Gasteiger partial charge < -0.3 is 14.8 Å². The van der Waals surface area contributed by atoms with Crippen molar-refractivity contribution in [2.24, 2.45) is 0 Å². The fourth-order valence-corrected chi connectivity index (χ4v) is 3.92. The van der Waals surface area contributed by atoms with Crippen molar-refractivity contribution in [3.8, 4) is 22.9 Å². The first-order valence-corrected chi connectivity index (χ1v) is 10.8. The molecule has 1 aromatic heterocycles. The monoisotopic (exact) mass is 458 g/mol. The number of hydrogen-bond donors (Lipinski definition) is 1. The second-order valence-corrected chi connectivity index (χ2v) is 8.07. The minimum atomic E-state index is -0.464. The molecule has 3 aromatic rings. The lowest BCUT2D eigenvalue weighted by Crippen LogP contribution is -2.18. The Morgan fingerprint density at radius 1 is 1.18 bits per heavy atom. The number of nitrogens with one attached hydrogen (secondary N) is 1. The Morgan fingerprint density at radius 3 is 2.86 bits per heavy atom. The standard InChI is InChI=1S/C20H19BrN4O2S/c1-3-26-12-9-10-15(21)14(11-12)18-22-16-8-6-5-7-13(16)17-19(27-18)23-20(25-24-17)28-4-2/h5-11,18,22H,3-4H2,1-2H3. The van der Waals surface area contributed by atoms with Crippen LogP contribution >= 0.6 is 27.7 Å². The average molecular weight is 459 g/mol. The molecule has 4 rings (SSSR count). The van der Waals surface area contributed by atoms with Crippen LogP contribution < -0.4 is 14.8 Å². The van der Waals surface area contributed by atoms with Crippen LogP contribution in [-0.2, 0) is 0 Å². The van der Waals surface area contributed by atoms with Crippen molar-refractivity contribution in [2.75, 3.05) is 17.7 Å². The van der Waals surface area contributed by atoms with Crippen LogP contribution in [0.3, 0.4) is 0 Å². The molecule has 28 heavy (non-hydrogen) atoms. The van der Waals surface area contributed by atoms with Crippen LogP contribution in [-0.4, -0.2) is 27.5 Å². The van der Waals surface area contributed by atoms with Crippen LogP contribution in [0.15, 0.2) is 52.1 Å². The molecule has 0 fully saturated rings. The molecule has 1 aliphatic rings. The van der Waals surface area contributed by atoms with Crippen molar-refractivity contribution in [3.63, 3.8) is 0 Å². The third kappa shape index (κ3) is 3.79. The van der Waals surface area contributed by atoms with E-state index in [0.717, 1.165) is 32.8 Å². The summed E-state index contributed by atoms with van der Waals surface area (Å²) < 4.78 is 12.9. The summed E-state index contributed by atoms with van der Waals surface area (Å²) in [5.41, 5.74) is 3.36. The maximum atomic E-state index is 6.30. The van der Waals surface area contributed by atoms with Crippen LogP contribution in [0.5, 0.6) is 11.6 Å². The summed E-state index contributed by atoms with van der Waals surface area (Å²) in [5, 5.41) is 12.7. The van der Waals surface area contributed by atoms with Gasteiger partial charge in [-0.1, -0.05) is 52.8 Å². The van der Waals surface area contributed by atoms with Gasteiger partial charge in [0, 0.05) is 21.3 Å². The Morgan fingerprint density at radius 2 is 2.04 bits per heavy atom. The largest absolute Gasteiger partial charge is 0.494 e. The molecule has 0 amide bonds. The fraction of sp³-hybridized carbons (Fsp3) is 0.250. The van der Waals surface area contributed by atoms with Crippen molar-refractivity contribution < 1.29 is 9.47 Å². The first kappa shape index (κ1) is 19.0. The number of benzene rings is 2. The van der Waals surface area contributed by atoms with E-state index in [2.05, 4.69) is 43.4 Å². The van der Waals surface area contributed by atoms with Crippen LogP contribution in [0.4, 0.5) is 5.69 Å². The van der Waals surface area contributed by atoms with Crippen LogP contribution in [0.1, 0.15) is 25.6 Å². The van der Waals surface area contributed by atoms with Gasteiger partial charge in [-0.25, -0.2) is 0 Å². The van der Waals surface area contributed by atoms with E-state index < -0.39 is 6.23 Å². The highest BCUT2D eigenvalue weighted by molar-refractivity contribution is 9.10. The molecule has 1 atom stereocenters. The number of nitrogens with zero attached hydrogens (tertiary/aromatic N) is 3. The summed E-state index contributed by atoms with van der Waals surface area (Å²) in [6, 6.07) is 13.8. The summed E-state index contributed by atoms with van der Waals surface area (Å²) in [5.74, 6) is 2.11. The van der Waals surface area contributed by atoms with Crippen molar-refractivity contribution in [1.82, 2.24) is 15.2 Å². The van der Waals surface area contributed by atoms with E-state index in [0.29, 0.717) is 23.3 Å². The van der Waals surface area contributed by atoms with Gasteiger partial charge in [0.25, 0.3) is 0 Å². The lowest BCUT2D eigenvalue weighted by molar-refractivity contribution is 0.223. The number of thioether (sulfide) groups is 1. The number of ether oxygens (including phenoxy) is 2. The van der Waals surface area contributed by atoms with E-state index in [1.807, 2.05) is 49.4 Å². The van der Waals surface area contributed by atoms with E-state index in [-0.39, 0.29) is 0 Å². The Labute approximate surface area is 176 Å². The molecule has 0 saturated heterocycles. The highest BCUT2D eigenvalue weighted by atomic mass is 79.9. The third-order valence-corrected chi connectivity index (χ3v) is 5.61. The number of halogens is 1. The second kappa shape index (κ2) is 8.36. The zero-order chi connectivity index (χ0) is 19.5. The number of hydrogen-bond acceptors (Lipinski definition) is 7. The molecule has 6 nitrogen and oxygen atoms in total. The Hall–Kier alpha value is -2.32. The van der Waals surface area contributed by atoms with E-state index in [4.69, 9.17) is 9.47 Å². The highest BCUT2D eigenvalue weighted by Crippen LogP contribution is 2.41. The molecule has 0 radical (unpaired) electrons. The molecular formula is C20H19BrN4O2S. The van der Waals surface area contributed by atoms with Gasteiger partial charge in [-0.2, -0.15) is 4.98 Å². The van der Waals surface area contributed by atoms with Gasteiger partial charge in [-0.3, -0.25) is 0 Å². The van der Waals surface area contributed by atoms with E-state index in [1.54, 1.807) is 0 Å². The van der Waals surface area contributed by atoms with Gasteiger partial charge in [-0.05, 0) is 36.9 Å². The van der Waals surface area contributed by atoms with Crippen LogP contribution in [0.2, 0.25) is 0 Å². The zero-order valence-corrected chi connectivity index (χ0v) is 17.9. The normalized spacial score (nSPS) is 14.9. The molecule has 2 aromatic carbocycles. The smallest absolute Gasteiger partial charge is 0.247 e. The topological polar surface area (TPSA) is 69.2 Å². The highest BCUT2D eigenvalue weighted by Gasteiger charge is 2.27. The number of fused-ring (bicyclic) bond motifs is 3. The van der Waals surface area contributed by atoms with Gasteiger partial charge in [0.05, 0.1) is 6.61 Å². The minimum Gasteiger partial charge on any atom is -0.494 e. The van der Waals surface area contributed by atoms with Gasteiger partial charge in [-0.15, -0.1) is 10.2 Å². The third-order valence-electron chi connectivity index (χ3n) is 4.17. The molecule has 0 spiro atoms. The summed E-state index contributed by atoms with van der Waals surface area (Å²) >= 11 is 5.16. The molecule has 1 N–H and O–H groups in total. The lowest BCUT2D eigenvalue weighted by atomic mass is 10.1. The first-order chi connectivity index (χ1) is 13.7. The molecular weight excluding hydrogens is 440 g/mol. The maximum absolute atomic E-state index is 6.30. The van der Waals surface area contributed by atoms with Gasteiger partial charge >= 0.3 is 0 Å². The summed E-state index contributed by atoms with van der Waals surface area (Å²) in [6.07, 6.45) is -0.464. The number of rotatable bonds is 5. The molecule has 1 aliphatic heterocycles. The molecule has 0 saturated carbocycles. The Balaban J connectivity index is 1.82. The van der Waals surface area contributed by atoms with E-state index in [1.165, 1.54) is 11.8 Å². The van der Waals surface area contributed by atoms with Gasteiger partial charge in [0.15, 0.2) is 11.9 Å². The van der Waals surface area contributed by atoms with Crippen molar-refractivity contribution in [3.05, 3.63) is 52.5 Å². The van der Waals surface area contributed by atoms with Crippen molar-refractivity contribution in [2.45, 2.75) is 25.2 Å². The number of anilines is 1. The maximum Gasteiger partial charge on any atom is 0.247 e. The molecule has 2 heterocycles. The molecule has 1 unspecified atom stereocenters. The van der Waals surface area contributed by atoms with Crippen molar-refractivity contribution >= 4 is 33.4 Å². The minimum absolute atomic E-state index is 0.460. The Bertz CT molecular complexity index is 1000. The van der Waals surface area contributed by atoms with Gasteiger partial charge in [0.2, 0.25) is 11.0 Å². The zero-order valence-electron chi connectivity index (χ0n) is 15.5. The Kier molecular flexibility index (Phi) is 5.68. The van der Waals surface area contributed by atoms with E-state index in [9.17, 15) is 0 Å². The van der Waals surface area contributed by atoms with E-state index >= 15 is 0 Å². The summed E-state index contributed by atoms with van der Waals surface area (Å²) in [4.78, 5) is 4.61. The molecule has 8 heteroatoms. The first-order valence-electron chi connectivity index (χ1n) is 9.02. The van der Waals surface area contributed by atoms with Crippen LogP contribution in [0.25, 0.3) is 11.3 Å².